The number of nitrogens with zero attached hydrogens (tertiary/aromatic N) is 1. The molecule has 0 N–H and O–H groups in total. The van der Waals surface area contributed by atoms with Crippen LogP contribution in [0.4, 0.5) is 17.1 Å². The average Bonchev–Trinajstić information content (AvgIpc) is 3.63. The molecule has 0 fully saturated rings. The number of rotatable bonds is 7. The number of hydrogen-bond acceptors (Lipinski definition) is 2. The molecule has 0 aliphatic carbocycles. The lowest BCUT2D eigenvalue weighted by Gasteiger charge is -2.29. The summed E-state index contributed by atoms with van der Waals surface area (Å²) in [6, 6.07) is 75.9. The summed E-state index contributed by atoms with van der Waals surface area (Å²) in [6.07, 6.45) is 0. The van der Waals surface area contributed by atoms with E-state index in [1.807, 2.05) is 6.07 Å². The minimum Gasteiger partial charge on any atom is -0.456 e. The van der Waals surface area contributed by atoms with Crippen molar-refractivity contribution in [2.45, 2.75) is 0 Å². The molecule has 54 heavy (non-hydrogen) atoms. The van der Waals surface area contributed by atoms with E-state index < -0.39 is 0 Å². The van der Waals surface area contributed by atoms with E-state index in [9.17, 15) is 0 Å². The summed E-state index contributed by atoms with van der Waals surface area (Å²) in [5, 5.41) is 4.69. The van der Waals surface area contributed by atoms with Gasteiger partial charge in [-0.1, -0.05) is 170 Å². The van der Waals surface area contributed by atoms with Gasteiger partial charge < -0.3 is 9.32 Å². The van der Waals surface area contributed by atoms with E-state index in [1.165, 1.54) is 38.6 Å². The van der Waals surface area contributed by atoms with Gasteiger partial charge in [-0.05, 0) is 92.2 Å². The molecule has 0 unspecified atom stereocenters. The molecule has 0 bridgehead atoms. The highest BCUT2D eigenvalue weighted by Crippen LogP contribution is 2.48. The molecule has 10 rings (SSSR count). The van der Waals surface area contributed by atoms with Crippen molar-refractivity contribution in [3.05, 3.63) is 212 Å². The van der Waals surface area contributed by atoms with Crippen molar-refractivity contribution in [3.8, 4) is 44.5 Å². The van der Waals surface area contributed by atoms with Crippen molar-refractivity contribution in [2.75, 3.05) is 4.90 Å². The van der Waals surface area contributed by atoms with Crippen molar-refractivity contribution in [2.24, 2.45) is 0 Å². The zero-order chi connectivity index (χ0) is 35.8. The van der Waals surface area contributed by atoms with Crippen molar-refractivity contribution >= 4 is 49.8 Å². The number of hydrogen-bond donors (Lipinski definition) is 0. The smallest absolute Gasteiger partial charge is 0.136 e. The fraction of sp³-hybridized carbons (Fsp3) is 0. The van der Waals surface area contributed by atoms with Gasteiger partial charge in [0.25, 0.3) is 0 Å². The lowest BCUT2D eigenvalue weighted by atomic mass is 9.94. The average molecular weight is 690 g/mol. The Labute approximate surface area is 314 Å². The molecular formula is C52H35NO. The highest BCUT2D eigenvalue weighted by atomic mass is 16.3. The minimum absolute atomic E-state index is 0.867. The molecule has 0 aliphatic heterocycles. The van der Waals surface area contributed by atoms with Crippen LogP contribution in [0.15, 0.2) is 217 Å². The SMILES string of the molecule is c1ccc(-c2ccc(-c3c(N(c4ccc(-c5cccc6ccccc56)cc4)c4cccc(-c5ccccc5)c4)ccc4oc5ccccc5c34)cc2)cc1. The third-order valence-electron chi connectivity index (χ3n) is 10.5. The summed E-state index contributed by atoms with van der Waals surface area (Å²) in [5.74, 6) is 0. The molecule has 254 valence electrons. The van der Waals surface area contributed by atoms with E-state index in [4.69, 9.17) is 4.42 Å². The Balaban J connectivity index is 1.21. The molecule has 9 aromatic carbocycles. The molecule has 2 nitrogen and oxygen atoms in total. The Kier molecular flexibility index (Phi) is 7.85. The van der Waals surface area contributed by atoms with Gasteiger partial charge in [0.1, 0.15) is 11.2 Å². The standard InChI is InChI=1S/C52H35NO/c1-3-13-36(14-4-1)38-25-27-41(28-26-38)51-48(33-34-50-52(51)47-22-9-10-24-49(47)54-50)53(44-20-11-19-42(35-44)37-15-5-2-6-16-37)43-31-29-40(30-32-43)46-23-12-18-39-17-7-8-21-45(39)46/h1-35H. The van der Waals surface area contributed by atoms with Crippen LogP contribution in [-0.2, 0) is 0 Å². The van der Waals surface area contributed by atoms with Gasteiger partial charge in [0, 0.05) is 27.7 Å². The van der Waals surface area contributed by atoms with E-state index >= 15 is 0 Å². The molecule has 0 saturated carbocycles. The molecule has 1 heterocycles. The molecule has 0 amide bonds. The Hall–Kier alpha value is -7.16. The first-order chi connectivity index (χ1) is 26.8. The summed E-state index contributed by atoms with van der Waals surface area (Å²) < 4.78 is 6.51. The van der Waals surface area contributed by atoms with Gasteiger partial charge >= 0.3 is 0 Å². The maximum atomic E-state index is 6.51. The number of furan rings is 1. The number of anilines is 3. The molecule has 0 radical (unpaired) electrons. The molecule has 0 saturated heterocycles. The molecule has 2 heteroatoms. The minimum atomic E-state index is 0.867. The summed E-state index contributed by atoms with van der Waals surface area (Å²) in [7, 11) is 0. The Morgan fingerprint density at radius 2 is 0.907 bits per heavy atom. The van der Waals surface area contributed by atoms with E-state index in [1.54, 1.807) is 0 Å². The van der Waals surface area contributed by atoms with E-state index in [2.05, 4.69) is 211 Å². The Morgan fingerprint density at radius 1 is 0.333 bits per heavy atom. The monoisotopic (exact) mass is 689 g/mol. The second-order valence-electron chi connectivity index (χ2n) is 13.7. The number of fused-ring (bicyclic) bond motifs is 4. The number of benzene rings is 9. The molecule has 0 aliphatic rings. The molecule has 10 aromatic rings. The predicted molar refractivity (Wildman–Crippen MR) is 228 cm³/mol. The van der Waals surface area contributed by atoms with Gasteiger partial charge in [0.2, 0.25) is 0 Å². The first-order valence-corrected chi connectivity index (χ1v) is 18.4. The molecule has 0 atom stereocenters. The number of para-hydroxylation sites is 1. The second-order valence-corrected chi connectivity index (χ2v) is 13.7. The summed E-state index contributed by atoms with van der Waals surface area (Å²) >= 11 is 0. The van der Waals surface area contributed by atoms with Gasteiger partial charge in [-0.2, -0.15) is 0 Å². The fourth-order valence-electron chi connectivity index (χ4n) is 7.89. The molecule has 0 spiro atoms. The van der Waals surface area contributed by atoms with Crippen LogP contribution in [0.3, 0.4) is 0 Å². The van der Waals surface area contributed by atoms with Crippen molar-refractivity contribution in [3.63, 3.8) is 0 Å². The quantitative estimate of drug-likeness (QED) is 0.166. The first-order valence-electron chi connectivity index (χ1n) is 18.4. The third-order valence-corrected chi connectivity index (χ3v) is 10.5. The maximum Gasteiger partial charge on any atom is 0.136 e. The van der Waals surface area contributed by atoms with Crippen LogP contribution in [0.5, 0.6) is 0 Å². The van der Waals surface area contributed by atoms with Crippen LogP contribution in [0.2, 0.25) is 0 Å². The normalized spacial score (nSPS) is 11.3. The Bertz CT molecular complexity index is 2900. The highest BCUT2D eigenvalue weighted by molar-refractivity contribution is 6.16. The van der Waals surface area contributed by atoms with Crippen LogP contribution < -0.4 is 4.90 Å². The van der Waals surface area contributed by atoms with Crippen molar-refractivity contribution in [1.29, 1.82) is 0 Å². The summed E-state index contributed by atoms with van der Waals surface area (Å²) in [6.45, 7) is 0. The lowest BCUT2D eigenvalue weighted by Crippen LogP contribution is -2.11. The van der Waals surface area contributed by atoms with E-state index in [-0.39, 0.29) is 0 Å². The zero-order valence-electron chi connectivity index (χ0n) is 29.6. The van der Waals surface area contributed by atoms with Crippen LogP contribution in [0, 0.1) is 0 Å². The Morgan fingerprint density at radius 3 is 1.69 bits per heavy atom. The molecular weight excluding hydrogens is 655 g/mol. The van der Waals surface area contributed by atoms with Crippen LogP contribution >= 0.6 is 0 Å². The first kappa shape index (κ1) is 31.6. The van der Waals surface area contributed by atoms with Crippen LogP contribution in [0.1, 0.15) is 0 Å². The van der Waals surface area contributed by atoms with E-state index in [0.29, 0.717) is 0 Å². The summed E-state index contributed by atoms with van der Waals surface area (Å²) in [5.41, 5.74) is 14.3. The molecule has 1 aromatic heterocycles. The van der Waals surface area contributed by atoms with Gasteiger partial charge in [-0.15, -0.1) is 0 Å². The predicted octanol–water partition coefficient (Wildman–Crippen LogP) is 14.9. The topological polar surface area (TPSA) is 16.4 Å². The second kappa shape index (κ2) is 13.4. The third kappa shape index (κ3) is 5.62. The zero-order valence-corrected chi connectivity index (χ0v) is 29.6. The van der Waals surface area contributed by atoms with Crippen molar-refractivity contribution in [1.82, 2.24) is 0 Å². The van der Waals surface area contributed by atoms with Gasteiger partial charge in [0.05, 0.1) is 5.69 Å². The van der Waals surface area contributed by atoms with Crippen molar-refractivity contribution < 1.29 is 4.42 Å². The lowest BCUT2D eigenvalue weighted by molar-refractivity contribution is 0.669. The van der Waals surface area contributed by atoms with Gasteiger partial charge in [-0.3, -0.25) is 0 Å². The highest BCUT2D eigenvalue weighted by Gasteiger charge is 2.23. The van der Waals surface area contributed by atoms with E-state index in [0.717, 1.165) is 55.7 Å². The van der Waals surface area contributed by atoms with Crippen LogP contribution in [0.25, 0.3) is 77.2 Å². The van der Waals surface area contributed by atoms with Crippen LogP contribution in [-0.4, -0.2) is 0 Å². The maximum absolute atomic E-state index is 6.51. The largest absolute Gasteiger partial charge is 0.456 e. The summed E-state index contributed by atoms with van der Waals surface area (Å²) in [4.78, 5) is 2.40. The van der Waals surface area contributed by atoms with Gasteiger partial charge in [0.15, 0.2) is 0 Å². The van der Waals surface area contributed by atoms with Gasteiger partial charge in [-0.25, -0.2) is 0 Å². The fourth-order valence-corrected chi connectivity index (χ4v) is 7.89.